The summed E-state index contributed by atoms with van der Waals surface area (Å²) in [6, 6.07) is 7.41. The highest BCUT2D eigenvalue weighted by Gasteiger charge is 2.05. The molecule has 0 aliphatic carbocycles. The quantitative estimate of drug-likeness (QED) is 0.588. The predicted molar refractivity (Wildman–Crippen MR) is 75.7 cm³/mol. The highest BCUT2D eigenvalue weighted by Crippen LogP contribution is 2.04. The highest BCUT2D eigenvalue weighted by molar-refractivity contribution is 5.75. The van der Waals surface area contributed by atoms with Crippen LogP contribution in [-0.4, -0.2) is 32.1 Å². The van der Waals surface area contributed by atoms with Crippen LogP contribution in [0.1, 0.15) is 17.5 Å². The van der Waals surface area contributed by atoms with Gasteiger partial charge in [-0.3, -0.25) is 4.79 Å². The lowest BCUT2D eigenvalue weighted by molar-refractivity contribution is -0.122. The number of amides is 1. The molecule has 0 saturated carbocycles. The van der Waals surface area contributed by atoms with Crippen LogP contribution in [0.15, 0.2) is 24.3 Å². The minimum atomic E-state index is -2.51. The summed E-state index contributed by atoms with van der Waals surface area (Å²) in [5.74, 6) is 5.41. The van der Waals surface area contributed by atoms with Crippen molar-refractivity contribution < 1.29 is 18.3 Å². The summed E-state index contributed by atoms with van der Waals surface area (Å²) in [5.41, 5.74) is 7.03. The Labute approximate surface area is 122 Å². The molecule has 3 N–H and O–H groups in total. The first-order chi connectivity index (χ1) is 10.1. The maximum absolute atomic E-state index is 11.8. The van der Waals surface area contributed by atoms with E-state index in [4.69, 9.17) is 5.73 Å². The van der Waals surface area contributed by atoms with Gasteiger partial charge in [0.15, 0.2) is 0 Å². The summed E-state index contributed by atoms with van der Waals surface area (Å²) in [4.78, 5) is 11.5. The molecule has 0 radical (unpaired) electrons. The molecule has 0 bridgehead atoms. The van der Waals surface area contributed by atoms with Crippen LogP contribution >= 0.6 is 0 Å². The molecule has 114 valence electrons. The average molecular weight is 296 g/mol. The summed E-state index contributed by atoms with van der Waals surface area (Å²) in [6.07, 6.45) is -2.45. The van der Waals surface area contributed by atoms with Gasteiger partial charge in [0.1, 0.15) is 6.61 Å². The molecule has 0 heterocycles. The van der Waals surface area contributed by atoms with Gasteiger partial charge in [0.05, 0.1) is 13.2 Å². The van der Waals surface area contributed by atoms with Crippen LogP contribution in [-0.2, 0) is 16.1 Å². The number of nitrogens with one attached hydrogen (secondary N) is 1. The van der Waals surface area contributed by atoms with Crippen LogP contribution in [0.3, 0.4) is 0 Å². The smallest absolute Gasteiger partial charge is 0.261 e. The molecule has 6 heteroatoms. The Hall–Kier alpha value is -1.97. The maximum atomic E-state index is 11.8. The third kappa shape index (κ3) is 8.02. The molecule has 1 aromatic rings. The van der Waals surface area contributed by atoms with Gasteiger partial charge in [0.2, 0.25) is 5.91 Å². The fourth-order valence-electron chi connectivity index (χ4n) is 1.54. The van der Waals surface area contributed by atoms with Crippen LogP contribution in [0, 0.1) is 11.8 Å². The van der Waals surface area contributed by atoms with E-state index in [1.807, 2.05) is 24.3 Å². The van der Waals surface area contributed by atoms with Crippen molar-refractivity contribution in [1.29, 1.82) is 0 Å². The number of benzene rings is 1. The number of alkyl halides is 2. The van der Waals surface area contributed by atoms with E-state index in [9.17, 15) is 13.6 Å². The molecule has 1 aromatic carbocycles. The highest BCUT2D eigenvalue weighted by atomic mass is 19.3. The van der Waals surface area contributed by atoms with Crippen molar-refractivity contribution >= 4 is 5.91 Å². The van der Waals surface area contributed by atoms with Crippen molar-refractivity contribution in [2.75, 3.05) is 19.8 Å². The van der Waals surface area contributed by atoms with Crippen LogP contribution in [0.5, 0.6) is 0 Å². The van der Waals surface area contributed by atoms with Gasteiger partial charge >= 0.3 is 0 Å². The summed E-state index contributed by atoms with van der Waals surface area (Å²) in [5, 5.41) is 2.69. The first kappa shape index (κ1) is 17.1. The fourth-order valence-corrected chi connectivity index (χ4v) is 1.54. The summed E-state index contributed by atoms with van der Waals surface area (Å²) in [7, 11) is 0. The molecule has 0 spiro atoms. The zero-order valence-corrected chi connectivity index (χ0v) is 11.6. The number of halogens is 2. The topological polar surface area (TPSA) is 64.3 Å². The SMILES string of the molecule is NCC#Cc1cccc(CNC(=O)CCOCC(F)F)c1. The van der Waals surface area contributed by atoms with E-state index in [1.165, 1.54) is 0 Å². The van der Waals surface area contributed by atoms with Crippen molar-refractivity contribution in [2.24, 2.45) is 5.73 Å². The van der Waals surface area contributed by atoms with E-state index in [1.54, 1.807) is 0 Å². The number of carbonyl (C=O) groups excluding carboxylic acids is 1. The summed E-state index contributed by atoms with van der Waals surface area (Å²) < 4.78 is 28.3. The molecule has 0 aromatic heterocycles. The van der Waals surface area contributed by atoms with Gasteiger partial charge in [-0.15, -0.1) is 0 Å². The molecule has 4 nitrogen and oxygen atoms in total. The van der Waals surface area contributed by atoms with E-state index >= 15 is 0 Å². The molecule has 0 aliphatic heterocycles. The van der Waals surface area contributed by atoms with Gasteiger partial charge < -0.3 is 15.8 Å². The Morgan fingerprint density at radius 2 is 2.24 bits per heavy atom. The van der Waals surface area contributed by atoms with Gasteiger partial charge in [-0.1, -0.05) is 24.0 Å². The number of nitrogens with two attached hydrogens (primary N) is 1. The van der Waals surface area contributed by atoms with Crippen molar-refractivity contribution in [3.63, 3.8) is 0 Å². The second-order valence-electron chi connectivity index (χ2n) is 4.20. The molecule has 0 unspecified atom stereocenters. The van der Waals surface area contributed by atoms with E-state index in [0.717, 1.165) is 11.1 Å². The normalized spacial score (nSPS) is 10.1. The molecule has 21 heavy (non-hydrogen) atoms. The van der Waals surface area contributed by atoms with Crippen LogP contribution in [0.25, 0.3) is 0 Å². The zero-order chi connectivity index (χ0) is 15.5. The van der Waals surface area contributed by atoms with E-state index in [2.05, 4.69) is 21.9 Å². The minimum Gasteiger partial charge on any atom is -0.375 e. The number of rotatable bonds is 7. The summed E-state index contributed by atoms with van der Waals surface area (Å²) >= 11 is 0. The number of hydrogen-bond donors (Lipinski definition) is 2. The predicted octanol–water partition coefficient (Wildman–Crippen LogP) is 1.28. The Morgan fingerprint density at radius 3 is 2.95 bits per heavy atom. The van der Waals surface area contributed by atoms with Crippen molar-refractivity contribution in [3.05, 3.63) is 35.4 Å². The van der Waals surface area contributed by atoms with Crippen LogP contribution in [0.2, 0.25) is 0 Å². The molecule has 1 rings (SSSR count). The van der Waals surface area contributed by atoms with E-state index < -0.39 is 13.0 Å². The standard InChI is InChI=1S/C15H18F2N2O2/c16-14(17)11-21-8-6-15(20)19-10-13-4-1-3-12(9-13)5-2-7-18/h1,3-4,9,14H,6-8,10-11,18H2,(H,19,20). The Kier molecular flexibility index (Phi) is 8.02. The Balaban J connectivity index is 2.32. The fraction of sp³-hybridized carbons (Fsp3) is 0.400. The van der Waals surface area contributed by atoms with Crippen molar-refractivity contribution in [2.45, 2.75) is 19.4 Å². The van der Waals surface area contributed by atoms with Crippen molar-refractivity contribution in [3.8, 4) is 11.8 Å². The van der Waals surface area contributed by atoms with Gasteiger partial charge in [0, 0.05) is 18.5 Å². The number of ether oxygens (including phenoxy) is 1. The third-order valence-electron chi connectivity index (χ3n) is 2.47. The minimum absolute atomic E-state index is 0.0157. The van der Waals surface area contributed by atoms with E-state index in [-0.39, 0.29) is 18.9 Å². The Morgan fingerprint density at radius 1 is 1.43 bits per heavy atom. The van der Waals surface area contributed by atoms with Gasteiger partial charge in [-0.05, 0) is 17.7 Å². The van der Waals surface area contributed by atoms with Gasteiger partial charge in [-0.25, -0.2) is 8.78 Å². The molecular formula is C15H18F2N2O2. The largest absolute Gasteiger partial charge is 0.375 e. The van der Waals surface area contributed by atoms with Crippen LogP contribution < -0.4 is 11.1 Å². The third-order valence-corrected chi connectivity index (χ3v) is 2.47. The molecule has 0 atom stereocenters. The lowest BCUT2D eigenvalue weighted by Gasteiger charge is -2.06. The first-order valence-corrected chi connectivity index (χ1v) is 6.52. The molecule has 0 saturated heterocycles. The van der Waals surface area contributed by atoms with Gasteiger partial charge in [0.25, 0.3) is 6.43 Å². The first-order valence-electron chi connectivity index (χ1n) is 6.52. The van der Waals surface area contributed by atoms with E-state index in [0.29, 0.717) is 13.1 Å². The maximum Gasteiger partial charge on any atom is 0.261 e. The lowest BCUT2D eigenvalue weighted by Crippen LogP contribution is -2.24. The molecule has 0 fully saturated rings. The van der Waals surface area contributed by atoms with Crippen LogP contribution in [0.4, 0.5) is 8.78 Å². The average Bonchev–Trinajstić information content (AvgIpc) is 2.47. The monoisotopic (exact) mass is 296 g/mol. The second kappa shape index (κ2) is 9.86. The van der Waals surface area contributed by atoms with Crippen molar-refractivity contribution in [1.82, 2.24) is 5.32 Å². The second-order valence-corrected chi connectivity index (χ2v) is 4.20. The number of hydrogen-bond acceptors (Lipinski definition) is 3. The molecule has 1 amide bonds. The molecule has 0 aliphatic rings. The molecular weight excluding hydrogens is 278 g/mol. The number of carbonyl (C=O) groups is 1. The Bertz CT molecular complexity index is 510. The zero-order valence-electron chi connectivity index (χ0n) is 11.6. The summed E-state index contributed by atoms with van der Waals surface area (Å²) in [6.45, 7) is -0.0151. The van der Waals surface area contributed by atoms with Gasteiger partial charge in [-0.2, -0.15) is 0 Å². The lowest BCUT2D eigenvalue weighted by atomic mass is 10.1.